The lowest BCUT2D eigenvalue weighted by Crippen LogP contribution is -2.07. The average Bonchev–Trinajstić information content (AvgIpc) is 2.77. The van der Waals surface area contributed by atoms with E-state index in [-0.39, 0.29) is 30.6 Å². The minimum Gasteiger partial charge on any atom is -0.379 e. The first-order valence-electron chi connectivity index (χ1n) is 10.1. The molecule has 9 nitrogen and oxygen atoms in total. The van der Waals surface area contributed by atoms with Crippen molar-refractivity contribution in [3.8, 4) is 17.2 Å². The molecule has 0 bridgehead atoms. The molecular weight excluding hydrogens is 720 g/mol. The zero-order valence-electron chi connectivity index (χ0n) is 20.5. The normalized spacial score (nSPS) is 11.8. The van der Waals surface area contributed by atoms with Crippen LogP contribution in [-0.2, 0) is 30.4 Å². The molecule has 3 aromatic carbocycles. The Kier molecular flexibility index (Phi) is 12.2. The van der Waals surface area contributed by atoms with Crippen molar-refractivity contribution in [2.24, 2.45) is 0 Å². The van der Waals surface area contributed by atoms with E-state index in [0.29, 0.717) is 0 Å². The molecule has 0 aliphatic heterocycles. The topological polar surface area (TPSA) is 130 Å². The fourth-order valence-corrected chi connectivity index (χ4v) is 6.87. The summed E-state index contributed by atoms with van der Waals surface area (Å²) >= 11 is 17.3. The number of rotatable bonds is 9. The van der Waals surface area contributed by atoms with Crippen LogP contribution in [0.1, 0.15) is 0 Å². The quantitative estimate of drug-likeness (QED) is 0.175. The largest absolute Gasteiger partial charge is 0.379 e. The summed E-state index contributed by atoms with van der Waals surface area (Å²) in [7, 11) is -9.77. The third-order valence-electron chi connectivity index (χ3n) is 3.81. The van der Waals surface area contributed by atoms with Crippen LogP contribution in [0.5, 0.6) is 17.2 Å². The van der Waals surface area contributed by atoms with Gasteiger partial charge < -0.3 is 12.5 Å². The second-order valence-corrected chi connectivity index (χ2v) is 15.7. The van der Waals surface area contributed by atoms with Crippen LogP contribution in [0.4, 0.5) is 13.2 Å². The Balaban J connectivity index is 0.000000377. The van der Waals surface area contributed by atoms with Crippen molar-refractivity contribution < 1.29 is 51.0 Å². The maximum atomic E-state index is 13.8. The van der Waals surface area contributed by atoms with Gasteiger partial charge in [0.05, 0.1) is 28.8 Å². The first-order valence-corrected chi connectivity index (χ1v) is 18.8. The molecule has 0 aliphatic carbocycles. The highest BCUT2D eigenvalue weighted by molar-refractivity contribution is 8.76. The molecule has 3 aromatic rings. The van der Waals surface area contributed by atoms with E-state index in [2.05, 4.69) is 12.5 Å². The van der Waals surface area contributed by atoms with Crippen molar-refractivity contribution in [2.45, 2.75) is 9.79 Å². The standard InChI is InChI=1S/C14H10Cl2F2O6S4.C7H6ClFO3S/c1-27(19,20)23-11-5-13(7(15)3-9(11)17)25-26-14-6-12(24-28(2,21)22)10(18)4-8(14)16;1-13(10,11)12-7-3-2-5(8)4-6(7)9/h3-6H,1-2H3;2-4H,1H3. The Labute approximate surface area is 257 Å². The van der Waals surface area contributed by atoms with Gasteiger partial charge in [0.15, 0.2) is 34.7 Å². The predicted molar refractivity (Wildman–Crippen MR) is 152 cm³/mol. The molecule has 0 fully saturated rings. The van der Waals surface area contributed by atoms with Crippen LogP contribution < -0.4 is 12.5 Å². The number of halogens is 6. The van der Waals surface area contributed by atoms with Gasteiger partial charge in [-0.3, -0.25) is 0 Å². The lowest BCUT2D eigenvalue weighted by Gasteiger charge is -2.11. The van der Waals surface area contributed by atoms with E-state index in [1.165, 1.54) is 6.07 Å². The minimum absolute atomic E-state index is 0.0401. The molecule has 0 atom stereocenters. The highest BCUT2D eigenvalue weighted by Crippen LogP contribution is 2.46. The monoisotopic (exact) mass is 734 g/mol. The van der Waals surface area contributed by atoms with Gasteiger partial charge in [-0.1, -0.05) is 56.4 Å². The minimum atomic E-state index is -3.97. The summed E-state index contributed by atoms with van der Waals surface area (Å²) in [6, 6.07) is 7.35. The summed E-state index contributed by atoms with van der Waals surface area (Å²) in [5, 5.41) is 0.0988. The molecule has 0 heterocycles. The van der Waals surface area contributed by atoms with E-state index in [1.807, 2.05) is 0 Å². The third kappa shape index (κ3) is 12.6. The molecule has 0 spiro atoms. The maximum absolute atomic E-state index is 13.8. The SMILES string of the molecule is CS(=O)(=O)Oc1cc(SSc2cc(OS(C)(=O)=O)c(F)cc2Cl)c(Cl)cc1F.CS(=O)(=O)Oc1ccc(Cl)cc1F. The van der Waals surface area contributed by atoms with Crippen LogP contribution in [0.2, 0.25) is 15.1 Å². The molecule has 0 radical (unpaired) electrons. The van der Waals surface area contributed by atoms with E-state index in [4.69, 9.17) is 34.8 Å². The first kappa shape index (κ1) is 35.5. The molecule has 0 aliphatic rings. The van der Waals surface area contributed by atoms with E-state index in [1.54, 1.807) is 0 Å². The van der Waals surface area contributed by atoms with Crippen LogP contribution in [-0.4, -0.2) is 44.0 Å². The Morgan fingerprint density at radius 2 is 0.902 bits per heavy atom. The lowest BCUT2D eigenvalue weighted by atomic mass is 10.3. The zero-order chi connectivity index (χ0) is 31.3. The van der Waals surface area contributed by atoms with Crippen LogP contribution >= 0.6 is 56.4 Å². The van der Waals surface area contributed by atoms with Crippen molar-refractivity contribution in [3.63, 3.8) is 0 Å². The fraction of sp³-hybridized carbons (Fsp3) is 0.143. The summed E-state index contributed by atoms with van der Waals surface area (Å²) in [5.41, 5.74) is 0. The van der Waals surface area contributed by atoms with E-state index >= 15 is 0 Å². The Morgan fingerprint density at radius 1 is 0.561 bits per heavy atom. The summed E-state index contributed by atoms with van der Waals surface area (Å²) in [4.78, 5) is 0.440. The highest BCUT2D eigenvalue weighted by atomic mass is 35.5. The molecule has 0 saturated heterocycles. The molecule has 0 unspecified atom stereocenters. The molecule has 226 valence electrons. The van der Waals surface area contributed by atoms with E-state index in [9.17, 15) is 38.4 Å². The Hall–Kier alpha value is -1.73. The van der Waals surface area contributed by atoms with Gasteiger partial charge in [-0.2, -0.15) is 25.3 Å². The number of benzene rings is 3. The van der Waals surface area contributed by atoms with Crippen LogP contribution in [0, 0.1) is 17.5 Å². The van der Waals surface area contributed by atoms with Gasteiger partial charge in [-0.05, 0) is 30.3 Å². The average molecular weight is 736 g/mol. The van der Waals surface area contributed by atoms with Crippen molar-refractivity contribution in [1.82, 2.24) is 0 Å². The first-order chi connectivity index (χ1) is 18.6. The lowest BCUT2D eigenvalue weighted by molar-refractivity contribution is 0.465. The summed E-state index contributed by atoms with van der Waals surface area (Å²) in [6.45, 7) is 0. The predicted octanol–water partition coefficient (Wildman–Crippen LogP) is 6.57. The van der Waals surface area contributed by atoms with Crippen LogP contribution in [0.25, 0.3) is 0 Å². The molecule has 0 N–H and O–H groups in total. The molecule has 3 rings (SSSR count). The van der Waals surface area contributed by atoms with Crippen LogP contribution in [0.15, 0.2) is 52.3 Å². The van der Waals surface area contributed by atoms with E-state index in [0.717, 1.165) is 76.8 Å². The zero-order valence-corrected chi connectivity index (χ0v) is 26.9. The fourth-order valence-electron chi connectivity index (χ4n) is 2.40. The van der Waals surface area contributed by atoms with E-state index < -0.39 is 59.3 Å². The van der Waals surface area contributed by atoms with Crippen molar-refractivity contribution >= 4 is 86.7 Å². The second kappa shape index (κ2) is 14.2. The Bertz CT molecular complexity index is 1680. The highest BCUT2D eigenvalue weighted by Gasteiger charge is 2.18. The summed E-state index contributed by atoms with van der Waals surface area (Å²) in [6.07, 6.45) is 2.34. The number of hydrogen-bond acceptors (Lipinski definition) is 11. The van der Waals surface area contributed by atoms with Gasteiger partial charge in [-0.15, -0.1) is 0 Å². The smallest absolute Gasteiger partial charge is 0.306 e. The molecular formula is C21H16Cl3F3O9S5. The molecule has 0 amide bonds. The number of hydrogen-bond donors (Lipinski definition) is 0. The maximum Gasteiger partial charge on any atom is 0.306 e. The van der Waals surface area contributed by atoms with Gasteiger partial charge in [0.25, 0.3) is 0 Å². The molecule has 0 aromatic heterocycles. The molecule has 20 heteroatoms. The van der Waals surface area contributed by atoms with Gasteiger partial charge in [0.1, 0.15) is 0 Å². The van der Waals surface area contributed by atoms with Crippen molar-refractivity contribution in [1.29, 1.82) is 0 Å². The second-order valence-electron chi connectivity index (χ2n) is 7.53. The molecule has 0 saturated carbocycles. The van der Waals surface area contributed by atoms with Crippen LogP contribution in [0.3, 0.4) is 0 Å². The van der Waals surface area contributed by atoms with Gasteiger partial charge >= 0.3 is 30.4 Å². The van der Waals surface area contributed by atoms with Crippen molar-refractivity contribution in [2.75, 3.05) is 18.8 Å². The third-order valence-corrected chi connectivity index (χ3v) is 8.79. The Morgan fingerprint density at radius 3 is 1.24 bits per heavy atom. The van der Waals surface area contributed by atoms with Crippen molar-refractivity contribution in [3.05, 3.63) is 75.0 Å². The van der Waals surface area contributed by atoms with Gasteiger partial charge in [-0.25, -0.2) is 13.2 Å². The summed E-state index contributed by atoms with van der Waals surface area (Å²) in [5.74, 6) is -4.23. The van der Waals surface area contributed by atoms with Gasteiger partial charge in [0.2, 0.25) is 0 Å². The van der Waals surface area contributed by atoms with Gasteiger partial charge in [0, 0.05) is 26.9 Å². The molecule has 41 heavy (non-hydrogen) atoms. The summed E-state index contributed by atoms with van der Waals surface area (Å²) < 4.78 is 120.